The number of rotatable bonds is 5. The molecule has 0 fully saturated rings. The van der Waals surface area contributed by atoms with Gasteiger partial charge >= 0.3 is 18.3 Å². The summed E-state index contributed by atoms with van der Waals surface area (Å²) < 4.78 is 13.3. The number of ether oxygens (including phenoxy) is 3. The van der Waals surface area contributed by atoms with E-state index in [2.05, 4.69) is 9.47 Å². The second kappa shape index (κ2) is 5.28. The summed E-state index contributed by atoms with van der Waals surface area (Å²) in [5.41, 5.74) is 0. The van der Waals surface area contributed by atoms with Crippen molar-refractivity contribution in [3.8, 4) is 0 Å². The molecule has 0 aromatic rings. The van der Waals surface area contributed by atoms with Crippen LogP contribution in [0.1, 0.15) is 20.3 Å². The SMILES string of the molecule is CCOC(CC)(OC(=O)O)OC(=O)O. The Bertz CT molecular complexity index is 196. The lowest BCUT2D eigenvalue weighted by Gasteiger charge is -2.27. The van der Waals surface area contributed by atoms with E-state index < -0.39 is 18.3 Å². The summed E-state index contributed by atoms with van der Waals surface area (Å²) in [5, 5.41) is 16.7. The maximum absolute atomic E-state index is 10.3. The summed E-state index contributed by atoms with van der Waals surface area (Å²) in [6, 6.07) is 0. The van der Waals surface area contributed by atoms with Gasteiger partial charge in [0.15, 0.2) is 0 Å². The first kappa shape index (κ1) is 12.5. The molecule has 82 valence electrons. The van der Waals surface area contributed by atoms with Crippen molar-refractivity contribution in [1.82, 2.24) is 0 Å². The van der Waals surface area contributed by atoms with Gasteiger partial charge < -0.3 is 24.4 Å². The number of hydrogen-bond acceptors (Lipinski definition) is 5. The molecule has 0 aromatic carbocycles. The fourth-order valence-electron chi connectivity index (χ4n) is 0.812. The van der Waals surface area contributed by atoms with E-state index >= 15 is 0 Å². The number of hydrogen-bond donors (Lipinski definition) is 2. The molecule has 2 N–H and O–H groups in total. The molecule has 7 nitrogen and oxygen atoms in total. The predicted molar refractivity (Wildman–Crippen MR) is 42.9 cm³/mol. The molecule has 0 bridgehead atoms. The van der Waals surface area contributed by atoms with Gasteiger partial charge in [0.25, 0.3) is 0 Å². The minimum Gasteiger partial charge on any atom is -0.450 e. The van der Waals surface area contributed by atoms with Gasteiger partial charge in [-0.15, -0.1) is 0 Å². The lowest BCUT2D eigenvalue weighted by atomic mass is 10.4. The molecular weight excluding hydrogens is 196 g/mol. The van der Waals surface area contributed by atoms with E-state index in [1.54, 1.807) is 6.92 Å². The second-order valence-electron chi connectivity index (χ2n) is 2.21. The summed E-state index contributed by atoms with van der Waals surface area (Å²) in [4.78, 5) is 20.5. The highest BCUT2D eigenvalue weighted by Gasteiger charge is 2.38. The largest absolute Gasteiger partial charge is 0.510 e. The van der Waals surface area contributed by atoms with Gasteiger partial charge in [-0.3, -0.25) is 0 Å². The molecule has 7 heteroatoms. The van der Waals surface area contributed by atoms with Gasteiger partial charge in [0.05, 0.1) is 13.0 Å². The van der Waals surface area contributed by atoms with Gasteiger partial charge in [-0.05, 0) is 6.92 Å². The monoisotopic (exact) mass is 208 g/mol. The lowest BCUT2D eigenvalue weighted by molar-refractivity contribution is -0.337. The second-order valence-corrected chi connectivity index (χ2v) is 2.21. The van der Waals surface area contributed by atoms with Crippen molar-refractivity contribution in [2.75, 3.05) is 6.61 Å². The smallest absolute Gasteiger partial charge is 0.450 e. The molecule has 0 atom stereocenters. The number of carbonyl (C=O) groups is 2. The van der Waals surface area contributed by atoms with Crippen LogP contribution >= 0.6 is 0 Å². The van der Waals surface area contributed by atoms with E-state index in [4.69, 9.17) is 14.9 Å². The average Bonchev–Trinajstić information content (AvgIpc) is 2.02. The maximum Gasteiger partial charge on any atom is 0.510 e. The molecule has 0 aromatic heterocycles. The molecule has 0 unspecified atom stereocenters. The highest BCUT2D eigenvalue weighted by atomic mass is 16.9. The Labute approximate surface area is 80.2 Å². The van der Waals surface area contributed by atoms with Crippen LogP contribution < -0.4 is 0 Å². The quantitative estimate of drug-likeness (QED) is 0.520. The summed E-state index contributed by atoms with van der Waals surface area (Å²) >= 11 is 0. The fourth-order valence-corrected chi connectivity index (χ4v) is 0.812. The molecule has 0 aliphatic rings. The van der Waals surface area contributed by atoms with Crippen LogP contribution in [0.2, 0.25) is 0 Å². The normalized spacial score (nSPS) is 10.7. The van der Waals surface area contributed by atoms with Crippen LogP contribution in [-0.4, -0.2) is 35.1 Å². The third kappa shape index (κ3) is 3.94. The molecule has 0 aliphatic carbocycles. The number of carboxylic acid groups (broad SMARTS) is 2. The summed E-state index contributed by atoms with van der Waals surface area (Å²) in [6.45, 7) is 3.09. The minimum absolute atomic E-state index is 0.0639. The Kier molecular flexibility index (Phi) is 4.71. The van der Waals surface area contributed by atoms with Gasteiger partial charge in [0.2, 0.25) is 0 Å². The Morgan fingerprint density at radius 3 is 1.79 bits per heavy atom. The van der Waals surface area contributed by atoms with E-state index in [0.717, 1.165) is 0 Å². The Morgan fingerprint density at radius 1 is 1.14 bits per heavy atom. The molecule has 14 heavy (non-hydrogen) atoms. The highest BCUT2D eigenvalue weighted by molar-refractivity contribution is 5.59. The van der Waals surface area contributed by atoms with Crippen LogP contribution in [-0.2, 0) is 14.2 Å². The van der Waals surface area contributed by atoms with E-state index in [0.29, 0.717) is 0 Å². The highest BCUT2D eigenvalue weighted by Crippen LogP contribution is 2.20. The summed E-state index contributed by atoms with van der Waals surface area (Å²) in [6.07, 6.45) is -3.40. The van der Waals surface area contributed by atoms with Crippen LogP contribution in [0.5, 0.6) is 0 Å². The van der Waals surface area contributed by atoms with Gasteiger partial charge in [-0.25, -0.2) is 9.59 Å². The van der Waals surface area contributed by atoms with Crippen LogP contribution in [0.4, 0.5) is 9.59 Å². The maximum atomic E-state index is 10.3. The topological polar surface area (TPSA) is 102 Å². The summed E-state index contributed by atoms with van der Waals surface area (Å²) in [7, 11) is 0. The Hall–Kier alpha value is -1.50. The van der Waals surface area contributed by atoms with Gasteiger partial charge in [0.1, 0.15) is 0 Å². The fraction of sp³-hybridized carbons (Fsp3) is 0.714. The third-order valence-electron chi connectivity index (χ3n) is 1.28. The molecule has 0 radical (unpaired) electrons. The van der Waals surface area contributed by atoms with E-state index in [9.17, 15) is 9.59 Å². The zero-order chi connectivity index (χ0) is 11.2. The standard InChI is InChI=1S/C7H12O7/c1-3-7(12-4-2,13-5(8)9)14-6(10)11/h3-4H2,1-2H3,(H,8,9)(H,10,11). The van der Waals surface area contributed by atoms with Gasteiger partial charge in [-0.2, -0.15) is 0 Å². The molecule has 0 aliphatic heterocycles. The van der Waals surface area contributed by atoms with Crippen LogP contribution in [0.3, 0.4) is 0 Å². The van der Waals surface area contributed by atoms with Crippen LogP contribution in [0.25, 0.3) is 0 Å². The molecule has 0 saturated heterocycles. The van der Waals surface area contributed by atoms with Crippen molar-refractivity contribution in [2.24, 2.45) is 0 Å². The van der Waals surface area contributed by atoms with Crippen molar-refractivity contribution >= 4 is 12.3 Å². The molecule has 0 rings (SSSR count). The average molecular weight is 208 g/mol. The van der Waals surface area contributed by atoms with E-state index in [-0.39, 0.29) is 13.0 Å². The van der Waals surface area contributed by atoms with Gasteiger partial charge in [-0.1, -0.05) is 6.92 Å². The molecule has 0 amide bonds. The van der Waals surface area contributed by atoms with Gasteiger partial charge in [0, 0.05) is 0 Å². The minimum atomic E-state index is -2.06. The zero-order valence-electron chi connectivity index (χ0n) is 7.85. The summed E-state index contributed by atoms with van der Waals surface area (Å²) in [5.74, 6) is -2.06. The van der Waals surface area contributed by atoms with E-state index in [1.807, 2.05) is 0 Å². The van der Waals surface area contributed by atoms with E-state index in [1.165, 1.54) is 6.92 Å². The first-order valence-electron chi connectivity index (χ1n) is 3.93. The first-order valence-corrected chi connectivity index (χ1v) is 3.93. The van der Waals surface area contributed by atoms with Crippen molar-refractivity contribution in [1.29, 1.82) is 0 Å². The molecular formula is C7H12O7. The van der Waals surface area contributed by atoms with Crippen molar-refractivity contribution in [3.05, 3.63) is 0 Å². The predicted octanol–water partition coefficient (Wildman–Crippen LogP) is 1.48. The first-order chi connectivity index (χ1) is 6.45. The van der Waals surface area contributed by atoms with Crippen molar-refractivity contribution in [2.45, 2.75) is 26.2 Å². The van der Waals surface area contributed by atoms with Crippen LogP contribution in [0, 0.1) is 0 Å². The molecule has 0 saturated carbocycles. The zero-order valence-corrected chi connectivity index (χ0v) is 7.85. The third-order valence-corrected chi connectivity index (χ3v) is 1.28. The lowest BCUT2D eigenvalue weighted by Crippen LogP contribution is -2.41. The Morgan fingerprint density at radius 2 is 1.57 bits per heavy atom. The van der Waals surface area contributed by atoms with Crippen molar-refractivity contribution in [3.63, 3.8) is 0 Å². The van der Waals surface area contributed by atoms with Crippen LogP contribution in [0.15, 0.2) is 0 Å². The van der Waals surface area contributed by atoms with Crippen molar-refractivity contribution < 1.29 is 34.0 Å². The molecule has 0 heterocycles. The molecule has 0 spiro atoms. The Balaban J connectivity index is 4.58.